The van der Waals surface area contributed by atoms with Gasteiger partial charge in [0.2, 0.25) is 5.89 Å². The average molecular weight is 274 g/mol. The molecule has 2 aromatic rings. The fraction of sp³-hybridized carbons (Fsp3) is 0.357. The molecule has 1 saturated heterocycles. The van der Waals surface area contributed by atoms with Gasteiger partial charge < -0.3 is 13.9 Å². The molecular weight excluding hydrogens is 260 g/mol. The van der Waals surface area contributed by atoms with E-state index >= 15 is 0 Å². The molecule has 0 bridgehead atoms. The lowest BCUT2D eigenvalue weighted by Gasteiger charge is -2.07. The Kier molecular flexibility index (Phi) is 3.73. The fourth-order valence-electron chi connectivity index (χ4n) is 2.00. The van der Waals surface area contributed by atoms with Gasteiger partial charge in [-0.3, -0.25) is 0 Å². The Morgan fingerprint density at radius 3 is 2.90 bits per heavy atom. The molecule has 0 N–H and O–H groups in total. The monoisotopic (exact) mass is 274 g/mol. The normalized spacial score (nSPS) is 18.1. The molecule has 1 fully saturated rings. The Morgan fingerprint density at radius 1 is 1.30 bits per heavy atom. The maximum Gasteiger partial charge on any atom is 0.335 e. The van der Waals surface area contributed by atoms with Crippen molar-refractivity contribution >= 4 is 5.97 Å². The smallest absolute Gasteiger partial charge is 0.335 e. The molecule has 1 atom stereocenters. The van der Waals surface area contributed by atoms with E-state index in [4.69, 9.17) is 13.9 Å². The molecule has 0 saturated carbocycles. The number of carbonyl (C=O) groups excluding carboxylic acids is 1. The summed E-state index contributed by atoms with van der Waals surface area (Å²) in [5.41, 5.74) is 0.830. The Hall–Kier alpha value is -2.21. The zero-order valence-electron chi connectivity index (χ0n) is 10.8. The van der Waals surface area contributed by atoms with Crippen molar-refractivity contribution in [1.82, 2.24) is 10.2 Å². The summed E-state index contributed by atoms with van der Waals surface area (Å²) in [4.78, 5) is 11.7. The maximum absolute atomic E-state index is 11.7. The zero-order chi connectivity index (χ0) is 13.8. The number of rotatable bonds is 4. The predicted octanol–water partition coefficient (Wildman–Crippen LogP) is 1.96. The largest absolute Gasteiger partial charge is 0.454 e. The molecule has 1 aromatic heterocycles. The van der Waals surface area contributed by atoms with Gasteiger partial charge in [0.25, 0.3) is 5.89 Å². The standard InChI is InChI=1S/C14H14N2O4/c17-14(11-7-4-8-18-11)19-9-12-15-16-13(20-12)10-5-2-1-3-6-10/h1-3,5-6,11H,4,7-9H2/t11-/m1/s1. The molecule has 20 heavy (non-hydrogen) atoms. The van der Waals surface area contributed by atoms with E-state index in [2.05, 4.69) is 10.2 Å². The highest BCUT2D eigenvalue weighted by Crippen LogP contribution is 2.18. The molecule has 0 unspecified atom stereocenters. The first-order chi connectivity index (χ1) is 9.83. The quantitative estimate of drug-likeness (QED) is 0.793. The van der Waals surface area contributed by atoms with Gasteiger partial charge in [-0.15, -0.1) is 10.2 Å². The second kappa shape index (κ2) is 5.83. The summed E-state index contributed by atoms with van der Waals surface area (Å²) in [7, 11) is 0. The van der Waals surface area contributed by atoms with E-state index in [1.807, 2.05) is 30.3 Å². The third kappa shape index (κ3) is 2.85. The number of nitrogens with zero attached hydrogens (tertiary/aromatic N) is 2. The Balaban J connectivity index is 1.59. The maximum atomic E-state index is 11.7. The van der Waals surface area contributed by atoms with Crippen LogP contribution in [-0.4, -0.2) is 28.9 Å². The Labute approximate surface area is 115 Å². The number of hydrogen-bond donors (Lipinski definition) is 0. The van der Waals surface area contributed by atoms with E-state index in [0.29, 0.717) is 18.9 Å². The summed E-state index contributed by atoms with van der Waals surface area (Å²) in [6.45, 7) is 0.580. The average Bonchev–Trinajstić information content (AvgIpc) is 3.17. The summed E-state index contributed by atoms with van der Waals surface area (Å²) >= 11 is 0. The molecule has 0 radical (unpaired) electrons. The highest BCUT2D eigenvalue weighted by atomic mass is 16.6. The molecule has 104 valence electrons. The van der Waals surface area contributed by atoms with Gasteiger partial charge in [-0.2, -0.15) is 0 Å². The van der Waals surface area contributed by atoms with Gasteiger partial charge in [0.1, 0.15) is 0 Å². The lowest BCUT2D eigenvalue weighted by molar-refractivity contribution is -0.156. The zero-order valence-corrected chi connectivity index (χ0v) is 10.8. The van der Waals surface area contributed by atoms with Crippen molar-refractivity contribution in [2.75, 3.05) is 6.61 Å². The van der Waals surface area contributed by atoms with Crippen molar-refractivity contribution in [3.63, 3.8) is 0 Å². The van der Waals surface area contributed by atoms with Crippen LogP contribution in [0.5, 0.6) is 0 Å². The number of hydrogen-bond acceptors (Lipinski definition) is 6. The summed E-state index contributed by atoms with van der Waals surface area (Å²) < 4.78 is 15.8. The van der Waals surface area contributed by atoms with Crippen molar-refractivity contribution in [2.45, 2.75) is 25.6 Å². The second-order valence-electron chi connectivity index (χ2n) is 4.48. The van der Waals surface area contributed by atoms with E-state index in [1.165, 1.54) is 0 Å². The predicted molar refractivity (Wildman–Crippen MR) is 68.5 cm³/mol. The molecular formula is C14H14N2O4. The first kappa shape index (κ1) is 12.8. The molecule has 2 heterocycles. The first-order valence-corrected chi connectivity index (χ1v) is 6.49. The topological polar surface area (TPSA) is 74.5 Å². The fourth-order valence-corrected chi connectivity index (χ4v) is 2.00. The van der Waals surface area contributed by atoms with Crippen LogP contribution in [0.25, 0.3) is 11.5 Å². The number of benzene rings is 1. The summed E-state index contributed by atoms with van der Waals surface area (Å²) in [5, 5.41) is 7.78. The minimum Gasteiger partial charge on any atom is -0.454 e. The molecule has 6 nitrogen and oxygen atoms in total. The molecule has 1 aliphatic heterocycles. The van der Waals surface area contributed by atoms with E-state index in [0.717, 1.165) is 12.0 Å². The SMILES string of the molecule is O=C(OCc1nnc(-c2ccccc2)o1)[C@H]1CCCO1. The van der Waals surface area contributed by atoms with Crippen LogP contribution in [-0.2, 0) is 20.9 Å². The van der Waals surface area contributed by atoms with Gasteiger partial charge >= 0.3 is 5.97 Å². The minimum absolute atomic E-state index is 0.0292. The number of carbonyl (C=O) groups is 1. The van der Waals surface area contributed by atoms with E-state index < -0.39 is 6.10 Å². The van der Waals surface area contributed by atoms with Gasteiger partial charge in [-0.25, -0.2) is 4.79 Å². The van der Waals surface area contributed by atoms with Crippen molar-refractivity contribution < 1.29 is 18.7 Å². The second-order valence-corrected chi connectivity index (χ2v) is 4.48. The molecule has 6 heteroatoms. The van der Waals surface area contributed by atoms with Gasteiger partial charge in [0.05, 0.1) is 0 Å². The van der Waals surface area contributed by atoms with Gasteiger partial charge in [-0.1, -0.05) is 18.2 Å². The summed E-state index contributed by atoms with van der Waals surface area (Å²) in [6.07, 6.45) is 1.14. The van der Waals surface area contributed by atoms with Crippen LogP contribution in [0.2, 0.25) is 0 Å². The van der Waals surface area contributed by atoms with E-state index in [1.54, 1.807) is 0 Å². The molecule has 1 aromatic carbocycles. The van der Waals surface area contributed by atoms with Crippen LogP contribution in [0.15, 0.2) is 34.7 Å². The van der Waals surface area contributed by atoms with Crippen molar-refractivity contribution in [3.8, 4) is 11.5 Å². The molecule has 0 spiro atoms. The number of aromatic nitrogens is 2. The van der Waals surface area contributed by atoms with Gasteiger partial charge in [-0.05, 0) is 25.0 Å². The van der Waals surface area contributed by atoms with Crippen molar-refractivity contribution in [3.05, 3.63) is 36.2 Å². The van der Waals surface area contributed by atoms with Crippen LogP contribution in [0.1, 0.15) is 18.7 Å². The number of esters is 1. The van der Waals surface area contributed by atoms with Crippen molar-refractivity contribution in [1.29, 1.82) is 0 Å². The molecule has 1 aliphatic rings. The van der Waals surface area contributed by atoms with Gasteiger partial charge in [0, 0.05) is 12.2 Å². The minimum atomic E-state index is -0.452. The number of ether oxygens (including phenoxy) is 2. The lowest BCUT2D eigenvalue weighted by Crippen LogP contribution is -2.22. The Morgan fingerprint density at radius 2 is 2.15 bits per heavy atom. The van der Waals surface area contributed by atoms with Crippen LogP contribution >= 0.6 is 0 Å². The third-order valence-electron chi connectivity index (χ3n) is 3.02. The molecule has 0 aliphatic carbocycles. The first-order valence-electron chi connectivity index (χ1n) is 6.49. The van der Waals surface area contributed by atoms with Crippen LogP contribution < -0.4 is 0 Å². The van der Waals surface area contributed by atoms with Crippen LogP contribution in [0.4, 0.5) is 0 Å². The van der Waals surface area contributed by atoms with Crippen LogP contribution in [0, 0.1) is 0 Å². The summed E-state index contributed by atoms with van der Waals surface area (Å²) in [6, 6.07) is 9.42. The third-order valence-corrected chi connectivity index (χ3v) is 3.02. The van der Waals surface area contributed by atoms with Gasteiger partial charge in [0.15, 0.2) is 12.7 Å². The highest BCUT2D eigenvalue weighted by molar-refractivity contribution is 5.74. The van der Waals surface area contributed by atoms with Crippen molar-refractivity contribution in [2.24, 2.45) is 0 Å². The van der Waals surface area contributed by atoms with E-state index in [9.17, 15) is 4.79 Å². The molecule has 3 rings (SSSR count). The lowest BCUT2D eigenvalue weighted by atomic mass is 10.2. The molecule has 0 amide bonds. The Bertz CT molecular complexity index is 576. The van der Waals surface area contributed by atoms with Crippen LogP contribution in [0.3, 0.4) is 0 Å². The summed E-state index contributed by atoms with van der Waals surface area (Å²) in [5.74, 6) is 0.311. The van der Waals surface area contributed by atoms with E-state index in [-0.39, 0.29) is 18.5 Å². The highest BCUT2D eigenvalue weighted by Gasteiger charge is 2.25.